The summed E-state index contributed by atoms with van der Waals surface area (Å²) in [5, 5.41) is 13.5. The zero-order chi connectivity index (χ0) is 19.4. The van der Waals surface area contributed by atoms with Crippen molar-refractivity contribution in [1.82, 2.24) is 10.2 Å². The zero-order valence-corrected chi connectivity index (χ0v) is 16.8. The fraction of sp³-hybridized carbons (Fsp3) is 0.529. The van der Waals surface area contributed by atoms with E-state index in [1.807, 2.05) is 13.8 Å². The lowest BCUT2D eigenvalue weighted by Crippen LogP contribution is -2.50. The average Bonchev–Trinajstić information content (AvgIpc) is 3.07. The summed E-state index contributed by atoms with van der Waals surface area (Å²) in [5.74, 6) is -0.527. The third-order valence-electron chi connectivity index (χ3n) is 4.56. The maximum Gasteiger partial charge on any atom is 0.270 e. The average molecular weight is 419 g/mol. The van der Waals surface area contributed by atoms with Crippen molar-refractivity contribution < 1.29 is 14.5 Å². The van der Waals surface area contributed by atoms with Crippen LogP contribution in [0, 0.1) is 22.0 Å². The van der Waals surface area contributed by atoms with Gasteiger partial charge in [0.05, 0.1) is 15.5 Å². The number of carbonyl (C=O) groups excluding carboxylic acids is 2. The summed E-state index contributed by atoms with van der Waals surface area (Å²) >= 11 is 6.00. The van der Waals surface area contributed by atoms with Crippen molar-refractivity contribution in [2.45, 2.75) is 26.3 Å². The molecule has 2 atom stereocenters. The molecule has 1 fully saturated rings. The van der Waals surface area contributed by atoms with Crippen molar-refractivity contribution in [3.8, 4) is 0 Å². The number of carbonyl (C=O) groups is 2. The largest absolute Gasteiger partial charge is 0.341 e. The number of hydrogen-bond donors (Lipinski definition) is 2. The molecule has 0 saturated carbocycles. The number of rotatable bonds is 6. The van der Waals surface area contributed by atoms with E-state index in [2.05, 4.69) is 5.32 Å². The molecule has 0 bridgehead atoms. The van der Waals surface area contributed by atoms with Crippen molar-refractivity contribution in [2.75, 3.05) is 19.6 Å². The molecule has 27 heavy (non-hydrogen) atoms. The molecule has 0 aromatic heterocycles. The highest BCUT2D eigenvalue weighted by Crippen LogP contribution is 2.23. The van der Waals surface area contributed by atoms with Crippen LogP contribution in [0.3, 0.4) is 0 Å². The van der Waals surface area contributed by atoms with Gasteiger partial charge in [0.1, 0.15) is 6.04 Å². The SMILES string of the molecule is CC(C)C(NC(=O)c1ccc([N+](=O)[O-])cc1Cl)C(=O)N1CCC(CN)C1.Cl. The number of hydrogen-bond acceptors (Lipinski definition) is 5. The molecule has 1 saturated heterocycles. The number of nitrogens with one attached hydrogen (secondary N) is 1. The van der Waals surface area contributed by atoms with Gasteiger partial charge < -0.3 is 16.0 Å². The topological polar surface area (TPSA) is 119 Å². The summed E-state index contributed by atoms with van der Waals surface area (Å²) in [6.45, 7) is 5.43. The Morgan fingerprint density at radius 1 is 1.44 bits per heavy atom. The van der Waals surface area contributed by atoms with Crippen LogP contribution in [0.1, 0.15) is 30.6 Å². The molecular weight excluding hydrogens is 395 g/mol. The number of amides is 2. The molecule has 8 nitrogen and oxygen atoms in total. The molecule has 0 aliphatic carbocycles. The van der Waals surface area contributed by atoms with E-state index in [-0.39, 0.29) is 46.4 Å². The van der Waals surface area contributed by atoms with Crippen LogP contribution in [0.15, 0.2) is 18.2 Å². The summed E-state index contributed by atoms with van der Waals surface area (Å²) in [5.41, 5.74) is 5.56. The molecule has 10 heteroatoms. The Kier molecular flexibility index (Phi) is 8.46. The summed E-state index contributed by atoms with van der Waals surface area (Å²) < 4.78 is 0. The quantitative estimate of drug-likeness (QED) is 0.542. The van der Waals surface area contributed by atoms with E-state index in [9.17, 15) is 19.7 Å². The maximum atomic E-state index is 12.8. The van der Waals surface area contributed by atoms with Gasteiger partial charge in [-0.1, -0.05) is 25.4 Å². The first kappa shape index (κ1) is 23.1. The molecular formula is C17H24Cl2N4O4. The number of benzene rings is 1. The number of halogens is 2. The number of nitrogens with two attached hydrogens (primary N) is 1. The Morgan fingerprint density at radius 2 is 2.11 bits per heavy atom. The number of nitro benzene ring substituents is 1. The van der Waals surface area contributed by atoms with Gasteiger partial charge in [-0.25, -0.2) is 0 Å². The molecule has 2 rings (SSSR count). The smallest absolute Gasteiger partial charge is 0.270 e. The molecule has 1 aliphatic heterocycles. The van der Waals surface area contributed by atoms with E-state index in [4.69, 9.17) is 17.3 Å². The van der Waals surface area contributed by atoms with Crippen LogP contribution in [0.4, 0.5) is 5.69 Å². The third kappa shape index (κ3) is 5.54. The van der Waals surface area contributed by atoms with E-state index in [0.29, 0.717) is 19.6 Å². The molecule has 0 spiro atoms. The first-order valence-electron chi connectivity index (χ1n) is 8.48. The van der Waals surface area contributed by atoms with Crippen LogP contribution in [0.25, 0.3) is 0 Å². The summed E-state index contributed by atoms with van der Waals surface area (Å²) in [6.07, 6.45) is 0.856. The fourth-order valence-electron chi connectivity index (χ4n) is 2.96. The molecule has 1 aromatic rings. The van der Waals surface area contributed by atoms with Crippen molar-refractivity contribution in [2.24, 2.45) is 17.6 Å². The Bertz CT molecular complexity index is 714. The van der Waals surface area contributed by atoms with E-state index >= 15 is 0 Å². The highest BCUT2D eigenvalue weighted by atomic mass is 35.5. The Labute approximate surface area is 169 Å². The Balaban J connectivity index is 0.00000364. The number of likely N-dealkylation sites (tertiary alicyclic amines) is 1. The molecule has 1 aliphatic rings. The van der Waals surface area contributed by atoms with Crippen LogP contribution >= 0.6 is 24.0 Å². The first-order valence-corrected chi connectivity index (χ1v) is 8.86. The van der Waals surface area contributed by atoms with Crippen LogP contribution in [0.2, 0.25) is 5.02 Å². The van der Waals surface area contributed by atoms with Gasteiger partial charge in [0.25, 0.3) is 11.6 Å². The molecule has 1 heterocycles. The van der Waals surface area contributed by atoms with Gasteiger partial charge in [0.2, 0.25) is 5.91 Å². The lowest BCUT2D eigenvalue weighted by atomic mass is 10.0. The van der Waals surface area contributed by atoms with Gasteiger partial charge in [0.15, 0.2) is 0 Å². The Hall–Kier alpha value is -1.90. The van der Waals surface area contributed by atoms with Gasteiger partial charge in [0, 0.05) is 25.2 Å². The minimum atomic E-state index is -0.703. The number of nitro groups is 1. The van der Waals surface area contributed by atoms with Crippen LogP contribution in [-0.2, 0) is 4.79 Å². The van der Waals surface area contributed by atoms with E-state index in [1.54, 1.807) is 4.90 Å². The molecule has 150 valence electrons. The number of non-ortho nitro benzene ring substituents is 1. The summed E-state index contributed by atoms with van der Waals surface area (Å²) in [7, 11) is 0. The maximum absolute atomic E-state index is 12.8. The lowest BCUT2D eigenvalue weighted by Gasteiger charge is -2.27. The second kappa shape index (κ2) is 9.87. The monoisotopic (exact) mass is 418 g/mol. The van der Waals surface area contributed by atoms with Gasteiger partial charge in [-0.3, -0.25) is 19.7 Å². The number of nitrogens with zero attached hydrogens (tertiary/aromatic N) is 2. The van der Waals surface area contributed by atoms with Crippen molar-refractivity contribution in [3.05, 3.63) is 38.9 Å². The van der Waals surface area contributed by atoms with Gasteiger partial charge in [-0.2, -0.15) is 0 Å². The van der Waals surface area contributed by atoms with E-state index in [1.165, 1.54) is 12.1 Å². The minimum Gasteiger partial charge on any atom is -0.341 e. The van der Waals surface area contributed by atoms with Gasteiger partial charge in [-0.05, 0) is 30.9 Å². The highest BCUT2D eigenvalue weighted by Gasteiger charge is 2.33. The first-order chi connectivity index (χ1) is 12.2. The van der Waals surface area contributed by atoms with E-state index < -0.39 is 16.9 Å². The summed E-state index contributed by atoms with van der Waals surface area (Å²) in [6, 6.07) is 2.91. The van der Waals surface area contributed by atoms with E-state index in [0.717, 1.165) is 12.5 Å². The molecule has 2 unspecified atom stereocenters. The molecule has 2 amide bonds. The van der Waals surface area contributed by atoms with Gasteiger partial charge in [-0.15, -0.1) is 12.4 Å². The van der Waals surface area contributed by atoms with Crippen molar-refractivity contribution in [1.29, 1.82) is 0 Å². The fourth-order valence-corrected chi connectivity index (χ4v) is 3.22. The second-order valence-electron chi connectivity index (χ2n) is 6.79. The lowest BCUT2D eigenvalue weighted by molar-refractivity contribution is -0.384. The predicted octanol–water partition coefficient (Wildman–Crippen LogP) is 2.23. The third-order valence-corrected chi connectivity index (χ3v) is 4.87. The Morgan fingerprint density at radius 3 is 2.59 bits per heavy atom. The highest BCUT2D eigenvalue weighted by molar-refractivity contribution is 6.34. The van der Waals surface area contributed by atoms with Crippen molar-refractivity contribution in [3.63, 3.8) is 0 Å². The van der Waals surface area contributed by atoms with Gasteiger partial charge >= 0.3 is 0 Å². The molecule has 0 radical (unpaired) electrons. The zero-order valence-electron chi connectivity index (χ0n) is 15.2. The second-order valence-corrected chi connectivity index (χ2v) is 7.20. The van der Waals surface area contributed by atoms with Crippen LogP contribution < -0.4 is 11.1 Å². The van der Waals surface area contributed by atoms with Crippen LogP contribution in [-0.4, -0.2) is 47.3 Å². The normalized spacial score (nSPS) is 17.4. The predicted molar refractivity (Wildman–Crippen MR) is 105 cm³/mol. The standard InChI is InChI=1S/C17H23ClN4O4.ClH/c1-10(2)15(17(24)21-6-5-11(8-19)9-21)20-16(23)13-4-3-12(22(25)26)7-14(13)18;/h3-4,7,10-11,15H,5-6,8-9,19H2,1-2H3,(H,20,23);1H. The minimum absolute atomic E-state index is 0. The van der Waals surface area contributed by atoms with Crippen LogP contribution in [0.5, 0.6) is 0 Å². The summed E-state index contributed by atoms with van der Waals surface area (Å²) in [4.78, 5) is 37.2. The molecule has 3 N–H and O–H groups in total. The molecule has 1 aromatic carbocycles. The van der Waals surface area contributed by atoms with Crippen molar-refractivity contribution >= 4 is 41.5 Å².